The lowest BCUT2D eigenvalue weighted by Crippen LogP contribution is -2.44. The number of anilines is 2. The quantitative estimate of drug-likeness (QED) is 0.768. The highest BCUT2D eigenvalue weighted by molar-refractivity contribution is 5.96. The number of piperidine rings is 1. The highest BCUT2D eigenvalue weighted by atomic mass is 16.5. The van der Waals surface area contributed by atoms with Gasteiger partial charge in [0.2, 0.25) is 17.7 Å². The molecule has 0 radical (unpaired) electrons. The van der Waals surface area contributed by atoms with Crippen LogP contribution in [-0.2, 0) is 20.8 Å². The molecule has 3 amide bonds. The minimum atomic E-state index is -0.273. The topological polar surface area (TPSA) is 87.7 Å². The summed E-state index contributed by atoms with van der Waals surface area (Å²) in [6, 6.07) is 14.7. The lowest BCUT2D eigenvalue weighted by molar-refractivity contribution is -0.134. The molecule has 1 fully saturated rings. The number of hydrogen-bond donors (Lipinski definition) is 2. The molecule has 7 heteroatoms. The molecule has 2 N–H and O–H groups in total. The van der Waals surface area contributed by atoms with Gasteiger partial charge in [-0.2, -0.15) is 0 Å². The van der Waals surface area contributed by atoms with Crippen molar-refractivity contribution in [1.82, 2.24) is 4.90 Å². The van der Waals surface area contributed by atoms with Crippen LogP contribution >= 0.6 is 0 Å². The van der Waals surface area contributed by atoms with E-state index in [9.17, 15) is 14.4 Å². The van der Waals surface area contributed by atoms with Crippen LogP contribution in [0.4, 0.5) is 11.4 Å². The number of carbonyl (C=O) groups excluding carboxylic acids is 3. The van der Waals surface area contributed by atoms with E-state index in [0.717, 1.165) is 18.4 Å². The van der Waals surface area contributed by atoms with Gasteiger partial charge in [-0.25, -0.2) is 0 Å². The third kappa shape index (κ3) is 5.59. The first-order valence-electron chi connectivity index (χ1n) is 10.0. The fourth-order valence-electron chi connectivity index (χ4n) is 3.62. The summed E-state index contributed by atoms with van der Waals surface area (Å²) < 4.78 is 5.24. The molecule has 1 saturated heterocycles. The van der Waals surface area contributed by atoms with Gasteiger partial charge < -0.3 is 20.3 Å². The summed E-state index contributed by atoms with van der Waals surface area (Å²) >= 11 is 0. The maximum atomic E-state index is 12.8. The normalized spacial score (nSPS) is 15.9. The Hall–Kier alpha value is -3.35. The van der Waals surface area contributed by atoms with E-state index in [1.807, 2.05) is 30.3 Å². The van der Waals surface area contributed by atoms with E-state index in [1.165, 1.54) is 14.0 Å². The second-order valence-electron chi connectivity index (χ2n) is 7.43. The summed E-state index contributed by atoms with van der Waals surface area (Å²) in [6.07, 6.45) is 1.86. The number of methoxy groups -OCH3 is 1. The number of likely N-dealkylation sites (tertiary alicyclic amines) is 1. The highest BCUT2D eigenvalue weighted by Gasteiger charge is 2.28. The van der Waals surface area contributed by atoms with Crippen LogP contribution in [0.3, 0.4) is 0 Å². The molecule has 3 rings (SSSR count). The van der Waals surface area contributed by atoms with E-state index in [2.05, 4.69) is 10.6 Å². The maximum Gasteiger partial charge on any atom is 0.229 e. The summed E-state index contributed by atoms with van der Waals surface area (Å²) in [6.45, 7) is 2.49. The first kappa shape index (κ1) is 21.4. The minimum absolute atomic E-state index is 0.0380. The summed E-state index contributed by atoms with van der Waals surface area (Å²) in [5.41, 5.74) is 2.03. The van der Waals surface area contributed by atoms with Crippen LogP contribution < -0.4 is 15.4 Å². The molecule has 2 aromatic carbocycles. The van der Waals surface area contributed by atoms with Crippen LogP contribution in [-0.4, -0.2) is 42.8 Å². The predicted molar refractivity (Wildman–Crippen MR) is 115 cm³/mol. The third-order valence-electron chi connectivity index (χ3n) is 5.12. The Balaban J connectivity index is 1.62. The average molecular weight is 409 g/mol. The molecule has 0 aromatic heterocycles. The van der Waals surface area contributed by atoms with Gasteiger partial charge >= 0.3 is 0 Å². The average Bonchev–Trinajstić information content (AvgIpc) is 2.74. The molecule has 0 bridgehead atoms. The number of carbonyl (C=O) groups is 3. The van der Waals surface area contributed by atoms with Crippen molar-refractivity contribution in [2.45, 2.75) is 26.2 Å². The van der Waals surface area contributed by atoms with Gasteiger partial charge in [0.05, 0.1) is 25.1 Å². The predicted octanol–water partition coefficient (Wildman–Crippen LogP) is 3.07. The van der Waals surface area contributed by atoms with E-state index >= 15 is 0 Å². The molecular weight excluding hydrogens is 382 g/mol. The van der Waals surface area contributed by atoms with Crippen molar-refractivity contribution in [3.05, 3.63) is 54.1 Å². The molecule has 1 atom stereocenters. The number of nitrogens with one attached hydrogen (secondary N) is 2. The zero-order valence-electron chi connectivity index (χ0n) is 17.3. The molecule has 0 saturated carbocycles. The Morgan fingerprint density at radius 2 is 1.87 bits per heavy atom. The molecule has 1 aliphatic rings. The summed E-state index contributed by atoms with van der Waals surface area (Å²) in [4.78, 5) is 38.6. The van der Waals surface area contributed by atoms with E-state index in [-0.39, 0.29) is 23.6 Å². The molecule has 2 aromatic rings. The first-order valence-corrected chi connectivity index (χ1v) is 10.0. The molecular formula is C23H27N3O4. The lowest BCUT2D eigenvalue weighted by atomic mass is 9.96. The Labute approximate surface area is 176 Å². The SMILES string of the molecule is COc1ccc(NC(=O)C2CCCN(C(=O)Cc3ccccc3)C2)cc1NC(C)=O. The molecule has 0 spiro atoms. The fourth-order valence-corrected chi connectivity index (χ4v) is 3.62. The van der Waals surface area contributed by atoms with Gasteiger partial charge in [-0.3, -0.25) is 14.4 Å². The van der Waals surface area contributed by atoms with E-state index < -0.39 is 0 Å². The monoisotopic (exact) mass is 409 g/mol. The maximum absolute atomic E-state index is 12.8. The van der Waals surface area contributed by atoms with E-state index in [4.69, 9.17) is 4.74 Å². The molecule has 1 heterocycles. The minimum Gasteiger partial charge on any atom is -0.495 e. The van der Waals surface area contributed by atoms with Crippen molar-refractivity contribution in [3.63, 3.8) is 0 Å². The summed E-state index contributed by atoms with van der Waals surface area (Å²) in [5.74, 6) is -0.0813. The highest BCUT2D eigenvalue weighted by Crippen LogP contribution is 2.28. The second-order valence-corrected chi connectivity index (χ2v) is 7.43. The number of hydrogen-bond acceptors (Lipinski definition) is 4. The standard InChI is InChI=1S/C23H27N3O4/c1-16(27)24-20-14-19(10-11-21(20)30-2)25-23(29)18-9-6-12-26(15-18)22(28)13-17-7-4-3-5-8-17/h3-5,7-8,10-11,14,18H,6,9,12-13,15H2,1-2H3,(H,24,27)(H,25,29). The van der Waals surface area contributed by atoms with Crippen molar-refractivity contribution < 1.29 is 19.1 Å². The second kappa shape index (κ2) is 9.91. The van der Waals surface area contributed by atoms with Crippen molar-refractivity contribution in [3.8, 4) is 5.75 Å². The van der Waals surface area contributed by atoms with Gasteiger partial charge in [-0.05, 0) is 36.6 Å². The Kier molecular flexibility index (Phi) is 7.06. The van der Waals surface area contributed by atoms with Crippen LogP contribution in [0.15, 0.2) is 48.5 Å². The first-order chi connectivity index (χ1) is 14.5. The Morgan fingerprint density at radius 1 is 1.10 bits per heavy atom. The summed E-state index contributed by atoms with van der Waals surface area (Å²) in [7, 11) is 1.52. The fraction of sp³-hybridized carbons (Fsp3) is 0.348. The zero-order chi connectivity index (χ0) is 21.5. The molecule has 0 aliphatic carbocycles. The lowest BCUT2D eigenvalue weighted by Gasteiger charge is -2.32. The zero-order valence-corrected chi connectivity index (χ0v) is 17.3. The van der Waals surface area contributed by atoms with Crippen LogP contribution in [0.1, 0.15) is 25.3 Å². The van der Waals surface area contributed by atoms with Crippen molar-refractivity contribution >= 4 is 29.1 Å². The number of rotatable bonds is 6. The summed E-state index contributed by atoms with van der Waals surface area (Å²) in [5, 5.41) is 5.60. The van der Waals surface area contributed by atoms with Crippen molar-refractivity contribution in [2.75, 3.05) is 30.8 Å². The molecule has 7 nitrogen and oxygen atoms in total. The van der Waals surface area contributed by atoms with Gasteiger partial charge in [0.15, 0.2) is 0 Å². The number of ether oxygens (including phenoxy) is 1. The van der Waals surface area contributed by atoms with Crippen LogP contribution in [0.5, 0.6) is 5.75 Å². The Bertz CT molecular complexity index is 914. The van der Waals surface area contributed by atoms with Gasteiger partial charge in [-0.1, -0.05) is 30.3 Å². The molecule has 1 unspecified atom stereocenters. The number of amides is 3. The third-order valence-corrected chi connectivity index (χ3v) is 5.12. The van der Waals surface area contributed by atoms with Crippen LogP contribution in [0, 0.1) is 5.92 Å². The van der Waals surface area contributed by atoms with Gasteiger partial charge in [-0.15, -0.1) is 0 Å². The van der Waals surface area contributed by atoms with E-state index in [0.29, 0.717) is 36.6 Å². The van der Waals surface area contributed by atoms with Crippen LogP contribution in [0.25, 0.3) is 0 Å². The number of nitrogens with zero attached hydrogens (tertiary/aromatic N) is 1. The number of benzene rings is 2. The molecule has 30 heavy (non-hydrogen) atoms. The smallest absolute Gasteiger partial charge is 0.229 e. The van der Waals surface area contributed by atoms with E-state index in [1.54, 1.807) is 23.1 Å². The van der Waals surface area contributed by atoms with Gasteiger partial charge in [0.1, 0.15) is 5.75 Å². The molecule has 158 valence electrons. The molecule has 1 aliphatic heterocycles. The largest absolute Gasteiger partial charge is 0.495 e. The van der Waals surface area contributed by atoms with Gasteiger partial charge in [0, 0.05) is 25.7 Å². The van der Waals surface area contributed by atoms with Gasteiger partial charge in [0.25, 0.3) is 0 Å². The Morgan fingerprint density at radius 3 is 2.57 bits per heavy atom. The van der Waals surface area contributed by atoms with Crippen molar-refractivity contribution in [2.24, 2.45) is 5.92 Å². The van der Waals surface area contributed by atoms with Crippen molar-refractivity contribution in [1.29, 1.82) is 0 Å². The van der Waals surface area contributed by atoms with Crippen LogP contribution in [0.2, 0.25) is 0 Å².